The summed E-state index contributed by atoms with van der Waals surface area (Å²) in [4.78, 5) is 3.77. The Morgan fingerprint density at radius 1 is 1.44 bits per heavy atom. The van der Waals surface area contributed by atoms with Crippen LogP contribution in [0.2, 0.25) is 0 Å². The molecule has 1 heterocycles. The van der Waals surface area contributed by atoms with Gasteiger partial charge in [-0.3, -0.25) is 0 Å². The van der Waals surface area contributed by atoms with Crippen molar-refractivity contribution in [2.24, 2.45) is 5.92 Å². The van der Waals surface area contributed by atoms with Crippen LogP contribution in [0.15, 0.2) is 10.6 Å². The zero-order valence-electron chi connectivity index (χ0n) is 9.27. The van der Waals surface area contributed by atoms with Crippen LogP contribution >= 0.6 is 0 Å². The minimum atomic E-state index is -4.25. The quantitative estimate of drug-likeness (QED) is 0.853. The highest BCUT2D eigenvalue weighted by Gasteiger charge is 2.29. The van der Waals surface area contributed by atoms with Gasteiger partial charge in [-0.1, -0.05) is 13.8 Å². The average molecular weight is 236 g/mol. The Bertz CT molecular complexity index is 320. The maximum Gasteiger partial charge on any atom is 0.396 e. The summed E-state index contributed by atoms with van der Waals surface area (Å²) in [5, 5.41) is 3.04. The lowest BCUT2D eigenvalue weighted by molar-refractivity contribution is -0.130. The first kappa shape index (κ1) is 13.0. The van der Waals surface area contributed by atoms with E-state index in [0.29, 0.717) is 18.4 Å². The number of oxazole rings is 1. The lowest BCUT2D eigenvalue weighted by atomic mass is 10.2. The molecule has 1 aromatic heterocycles. The first-order valence-electron chi connectivity index (χ1n) is 5.08. The van der Waals surface area contributed by atoms with Gasteiger partial charge in [0.1, 0.15) is 12.2 Å². The first-order valence-corrected chi connectivity index (χ1v) is 5.08. The van der Waals surface area contributed by atoms with Gasteiger partial charge in [0.05, 0.1) is 12.7 Å². The van der Waals surface area contributed by atoms with E-state index < -0.39 is 12.6 Å². The second-order valence-corrected chi connectivity index (χ2v) is 4.04. The molecule has 92 valence electrons. The molecule has 0 unspecified atom stereocenters. The molecule has 1 N–H and O–H groups in total. The average Bonchev–Trinajstić information content (AvgIpc) is 2.48. The molecule has 0 atom stereocenters. The fraction of sp³-hybridized carbons (Fsp3) is 0.700. The molecule has 0 spiro atoms. The lowest BCUT2D eigenvalue weighted by Crippen LogP contribution is -2.19. The maximum atomic E-state index is 12.0. The van der Waals surface area contributed by atoms with Gasteiger partial charge in [-0.2, -0.15) is 13.2 Å². The molecular weight excluding hydrogens is 221 g/mol. The van der Waals surface area contributed by atoms with Crippen molar-refractivity contribution in [3.8, 4) is 0 Å². The smallest absolute Gasteiger partial charge is 0.396 e. The fourth-order valence-electron chi connectivity index (χ4n) is 1.18. The standard InChI is InChI=1S/C10H15F3N2O/c1-7(2)4-14-6-9-15-5-8(16-9)3-10(11,12)13/h5,7,14H,3-4,6H2,1-2H3. The van der Waals surface area contributed by atoms with Crippen LogP contribution in [-0.2, 0) is 13.0 Å². The van der Waals surface area contributed by atoms with E-state index in [0.717, 1.165) is 12.7 Å². The van der Waals surface area contributed by atoms with Crippen LogP contribution in [0, 0.1) is 5.92 Å². The molecule has 0 saturated carbocycles. The molecular formula is C10H15F3N2O. The second kappa shape index (κ2) is 5.34. The third-order valence-electron chi connectivity index (χ3n) is 1.80. The minimum absolute atomic E-state index is 0.145. The van der Waals surface area contributed by atoms with E-state index >= 15 is 0 Å². The molecule has 0 aliphatic carbocycles. The van der Waals surface area contributed by atoms with Gasteiger partial charge in [-0.15, -0.1) is 0 Å². The number of nitrogens with zero attached hydrogens (tertiary/aromatic N) is 1. The topological polar surface area (TPSA) is 38.1 Å². The molecule has 0 aliphatic heterocycles. The third kappa shape index (κ3) is 5.16. The van der Waals surface area contributed by atoms with Crippen LogP contribution in [0.3, 0.4) is 0 Å². The monoisotopic (exact) mass is 236 g/mol. The summed E-state index contributed by atoms with van der Waals surface area (Å²) in [6.45, 7) is 5.21. The Balaban J connectivity index is 2.40. The van der Waals surface area contributed by atoms with Gasteiger partial charge in [0, 0.05) is 0 Å². The fourth-order valence-corrected chi connectivity index (χ4v) is 1.18. The molecule has 0 aromatic carbocycles. The highest BCUT2D eigenvalue weighted by Crippen LogP contribution is 2.21. The van der Waals surface area contributed by atoms with Crippen molar-refractivity contribution in [2.45, 2.75) is 33.0 Å². The summed E-state index contributed by atoms with van der Waals surface area (Å²) in [5.74, 6) is 0.623. The molecule has 0 bridgehead atoms. The number of rotatable bonds is 5. The van der Waals surface area contributed by atoms with Gasteiger partial charge in [0.25, 0.3) is 0 Å². The summed E-state index contributed by atoms with van der Waals surface area (Å²) in [5.41, 5.74) is 0. The van der Waals surface area contributed by atoms with Crippen molar-refractivity contribution in [2.75, 3.05) is 6.54 Å². The molecule has 16 heavy (non-hydrogen) atoms. The molecule has 6 heteroatoms. The Kier molecular flexibility index (Phi) is 4.35. The summed E-state index contributed by atoms with van der Waals surface area (Å²) in [6, 6.07) is 0. The van der Waals surface area contributed by atoms with Crippen molar-refractivity contribution in [3.63, 3.8) is 0 Å². The van der Waals surface area contributed by atoms with E-state index in [1.54, 1.807) is 0 Å². The molecule has 0 radical (unpaired) electrons. The van der Waals surface area contributed by atoms with Gasteiger partial charge >= 0.3 is 6.18 Å². The molecule has 1 rings (SSSR count). The number of halogens is 3. The molecule has 0 saturated heterocycles. The van der Waals surface area contributed by atoms with E-state index in [1.165, 1.54) is 0 Å². The van der Waals surface area contributed by atoms with Gasteiger partial charge in [0.15, 0.2) is 0 Å². The Labute approximate surface area is 92.0 Å². The van der Waals surface area contributed by atoms with Crippen LogP contribution in [0.1, 0.15) is 25.5 Å². The Morgan fingerprint density at radius 2 is 2.12 bits per heavy atom. The van der Waals surface area contributed by atoms with Crippen molar-refractivity contribution in [3.05, 3.63) is 17.8 Å². The summed E-state index contributed by atoms with van der Waals surface area (Å²) >= 11 is 0. The van der Waals surface area contributed by atoms with Crippen molar-refractivity contribution >= 4 is 0 Å². The predicted molar refractivity (Wildman–Crippen MR) is 52.8 cm³/mol. The molecule has 3 nitrogen and oxygen atoms in total. The zero-order chi connectivity index (χ0) is 12.2. The van der Waals surface area contributed by atoms with Crippen molar-refractivity contribution < 1.29 is 17.6 Å². The molecule has 0 aliphatic rings. The van der Waals surface area contributed by atoms with Crippen LogP contribution in [0.5, 0.6) is 0 Å². The van der Waals surface area contributed by atoms with E-state index in [4.69, 9.17) is 4.42 Å². The largest absolute Gasteiger partial charge is 0.444 e. The maximum absolute atomic E-state index is 12.0. The zero-order valence-corrected chi connectivity index (χ0v) is 9.27. The highest BCUT2D eigenvalue weighted by molar-refractivity contribution is 4.96. The third-order valence-corrected chi connectivity index (χ3v) is 1.80. The van der Waals surface area contributed by atoms with E-state index in [9.17, 15) is 13.2 Å². The minimum Gasteiger partial charge on any atom is -0.444 e. The van der Waals surface area contributed by atoms with E-state index in [1.807, 2.05) is 13.8 Å². The highest BCUT2D eigenvalue weighted by atomic mass is 19.4. The number of alkyl halides is 3. The number of hydrogen-bond donors (Lipinski definition) is 1. The van der Waals surface area contributed by atoms with Gasteiger partial charge in [-0.05, 0) is 12.5 Å². The molecule has 0 amide bonds. The summed E-state index contributed by atoms with van der Waals surface area (Å²) in [6.07, 6.45) is -4.19. The van der Waals surface area contributed by atoms with Crippen LogP contribution < -0.4 is 5.32 Å². The predicted octanol–water partition coefficient (Wildman–Crippen LogP) is 2.53. The van der Waals surface area contributed by atoms with Gasteiger partial charge in [0.2, 0.25) is 5.89 Å². The van der Waals surface area contributed by atoms with Gasteiger partial charge in [-0.25, -0.2) is 4.98 Å². The van der Waals surface area contributed by atoms with Gasteiger partial charge < -0.3 is 9.73 Å². The van der Waals surface area contributed by atoms with Crippen LogP contribution in [0.4, 0.5) is 13.2 Å². The summed E-state index contributed by atoms with van der Waals surface area (Å²) < 4.78 is 41.0. The molecule has 1 aromatic rings. The molecule has 0 fully saturated rings. The number of aromatic nitrogens is 1. The number of nitrogens with one attached hydrogen (secondary N) is 1. The Hall–Kier alpha value is -1.04. The number of hydrogen-bond acceptors (Lipinski definition) is 3. The normalized spacial score (nSPS) is 12.4. The van der Waals surface area contributed by atoms with Crippen molar-refractivity contribution in [1.29, 1.82) is 0 Å². The van der Waals surface area contributed by atoms with Crippen LogP contribution in [0.25, 0.3) is 0 Å². The summed E-state index contributed by atoms with van der Waals surface area (Å²) in [7, 11) is 0. The van der Waals surface area contributed by atoms with Crippen molar-refractivity contribution in [1.82, 2.24) is 10.3 Å². The Morgan fingerprint density at radius 3 is 2.69 bits per heavy atom. The van der Waals surface area contributed by atoms with Crippen LogP contribution in [-0.4, -0.2) is 17.7 Å². The SMILES string of the molecule is CC(C)CNCc1ncc(CC(F)(F)F)o1. The van der Waals surface area contributed by atoms with E-state index in [-0.39, 0.29) is 5.76 Å². The lowest BCUT2D eigenvalue weighted by Gasteiger charge is -2.04. The second-order valence-electron chi connectivity index (χ2n) is 4.04. The van der Waals surface area contributed by atoms with E-state index in [2.05, 4.69) is 10.3 Å². The first-order chi connectivity index (χ1) is 7.37.